The maximum Gasteiger partial charge on any atom is 0.355 e. The average Bonchev–Trinajstić information content (AvgIpc) is 2.55. The van der Waals surface area contributed by atoms with Crippen molar-refractivity contribution in [3.05, 3.63) is 26.2 Å². The van der Waals surface area contributed by atoms with E-state index in [1.807, 2.05) is 0 Å². The van der Waals surface area contributed by atoms with E-state index < -0.39 is 28.4 Å². The molecule has 1 fully saturated rings. The maximum absolute atomic E-state index is 13.6. The maximum atomic E-state index is 13.6. The van der Waals surface area contributed by atoms with Gasteiger partial charge in [0.2, 0.25) is 0 Å². The first-order valence-corrected chi connectivity index (χ1v) is 5.19. The summed E-state index contributed by atoms with van der Waals surface area (Å²) < 4.78 is 19.8. The molecule has 2 atom stereocenters. The molecule has 0 saturated carbocycles. The molecule has 1 N–H and O–H groups in total. The van der Waals surface area contributed by atoms with Crippen molar-refractivity contribution in [2.45, 2.75) is 25.6 Å². The largest absolute Gasteiger partial charge is 0.378 e. The summed E-state index contributed by atoms with van der Waals surface area (Å²) in [6, 6.07) is -0.606. The Kier molecular flexibility index (Phi) is 2.97. The van der Waals surface area contributed by atoms with Gasteiger partial charge in [0.1, 0.15) is 11.9 Å². The molecule has 2 heterocycles. The Hall–Kier alpha value is -1.70. The number of aromatic nitrogens is 2. The van der Waals surface area contributed by atoms with Crippen molar-refractivity contribution in [3.63, 3.8) is 0 Å². The van der Waals surface area contributed by atoms with Gasteiger partial charge in [-0.2, -0.15) is 0 Å². The molecule has 0 radical (unpaired) electrons. The minimum absolute atomic E-state index is 0.0574. The van der Waals surface area contributed by atoms with E-state index in [2.05, 4.69) is 5.10 Å². The zero-order valence-corrected chi connectivity index (χ0v) is 9.18. The molecular weight excluding hydrogens is 233 g/mol. The van der Waals surface area contributed by atoms with Crippen LogP contribution in [0.1, 0.15) is 18.2 Å². The third kappa shape index (κ3) is 1.95. The minimum atomic E-state index is -1.27. The van der Waals surface area contributed by atoms with Crippen molar-refractivity contribution in [3.8, 4) is 0 Å². The van der Waals surface area contributed by atoms with E-state index in [9.17, 15) is 19.3 Å². The fraction of sp³-hybridized carbons (Fsp3) is 0.667. The van der Waals surface area contributed by atoms with Gasteiger partial charge in [0.25, 0.3) is 0 Å². The summed E-state index contributed by atoms with van der Waals surface area (Å²) in [5.41, 5.74) is -1.18. The molecule has 1 aromatic rings. The van der Waals surface area contributed by atoms with Crippen molar-refractivity contribution in [1.29, 1.82) is 0 Å². The summed E-state index contributed by atoms with van der Waals surface area (Å²) in [4.78, 5) is 21.3. The monoisotopic (exact) mass is 245 g/mol. The van der Waals surface area contributed by atoms with E-state index in [1.54, 1.807) is 0 Å². The molecule has 1 aliphatic rings. The number of aromatic amines is 1. The highest BCUT2D eigenvalue weighted by Gasteiger charge is 2.32. The highest BCUT2D eigenvalue weighted by Crippen LogP contribution is 2.26. The van der Waals surface area contributed by atoms with Crippen LogP contribution in [-0.2, 0) is 4.74 Å². The van der Waals surface area contributed by atoms with Crippen molar-refractivity contribution in [2.24, 2.45) is 0 Å². The number of nitrogens with one attached hydrogen (secondary N) is 1. The molecule has 17 heavy (non-hydrogen) atoms. The topological polar surface area (TPSA) is 90.2 Å². The first kappa shape index (κ1) is 11.8. The van der Waals surface area contributed by atoms with Gasteiger partial charge in [0.15, 0.2) is 0 Å². The lowest BCUT2D eigenvalue weighted by Gasteiger charge is -2.27. The molecular formula is C9H12FN3O4. The second-order valence-electron chi connectivity index (χ2n) is 3.95. The molecule has 0 aliphatic carbocycles. The molecule has 1 aliphatic heterocycles. The minimum Gasteiger partial charge on any atom is -0.378 e. The van der Waals surface area contributed by atoms with Crippen LogP contribution >= 0.6 is 0 Å². The number of rotatable bonds is 2. The Morgan fingerprint density at radius 1 is 1.65 bits per heavy atom. The number of hydrogen-bond acceptors (Lipinski definition) is 4. The number of halogens is 1. The van der Waals surface area contributed by atoms with Gasteiger partial charge in [-0.15, -0.1) is 0 Å². The zero-order valence-electron chi connectivity index (χ0n) is 9.18. The van der Waals surface area contributed by atoms with Crippen LogP contribution in [0.2, 0.25) is 0 Å². The SMILES string of the molecule is Cc1c([N+](=O)[O-])c(=O)[nH]n1C1CCOCC1F. The third-order valence-electron chi connectivity index (χ3n) is 2.91. The Morgan fingerprint density at radius 3 is 2.88 bits per heavy atom. The first-order valence-electron chi connectivity index (χ1n) is 5.19. The van der Waals surface area contributed by atoms with Crippen molar-refractivity contribution in [1.82, 2.24) is 9.78 Å². The molecule has 0 aromatic carbocycles. The lowest BCUT2D eigenvalue weighted by atomic mass is 10.1. The van der Waals surface area contributed by atoms with E-state index in [0.717, 1.165) is 0 Å². The molecule has 8 heteroatoms. The summed E-state index contributed by atoms with van der Waals surface area (Å²) >= 11 is 0. The van der Waals surface area contributed by atoms with E-state index in [4.69, 9.17) is 4.74 Å². The van der Waals surface area contributed by atoms with E-state index in [0.29, 0.717) is 13.0 Å². The molecule has 2 rings (SSSR count). The summed E-state index contributed by atoms with van der Waals surface area (Å²) in [6.45, 7) is 1.74. The van der Waals surface area contributed by atoms with Crippen LogP contribution in [-0.4, -0.2) is 34.1 Å². The predicted octanol–water partition coefficient (Wildman–Crippen LogP) is 0.693. The number of nitrogens with zero attached hydrogens (tertiary/aromatic N) is 2. The Balaban J connectivity index is 2.42. The number of ether oxygens (including phenoxy) is 1. The summed E-state index contributed by atoms with van der Waals surface area (Å²) in [5.74, 6) is 0. The lowest BCUT2D eigenvalue weighted by Crippen LogP contribution is -2.32. The second kappa shape index (κ2) is 4.28. The van der Waals surface area contributed by atoms with Gasteiger partial charge >= 0.3 is 11.2 Å². The third-order valence-corrected chi connectivity index (χ3v) is 2.91. The number of H-pyrrole nitrogens is 1. The van der Waals surface area contributed by atoms with E-state index in [-0.39, 0.29) is 12.3 Å². The number of hydrogen-bond donors (Lipinski definition) is 1. The van der Waals surface area contributed by atoms with Crippen LogP contribution in [0.25, 0.3) is 0 Å². The highest BCUT2D eigenvalue weighted by atomic mass is 19.1. The summed E-state index contributed by atoms with van der Waals surface area (Å²) in [7, 11) is 0. The quantitative estimate of drug-likeness (QED) is 0.613. The smallest absolute Gasteiger partial charge is 0.355 e. The first-order chi connectivity index (χ1) is 8.02. The van der Waals surface area contributed by atoms with E-state index >= 15 is 0 Å². The molecule has 7 nitrogen and oxygen atoms in total. The van der Waals surface area contributed by atoms with Gasteiger partial charge in [0.05, 0.1) is 17.6 Å². The van der Waals surface area contributed by atoms with Crippen LogP contribution in [0.4, 0.5) is 10.1 Å². The van der Waals surface area contributed by atoms with Crippen molar-refractivity contribution < 1.29 is 14.1 Å². The highest BCUT2D eigenvalue weighted by molar-refractivity contribution is 5.32. The van der Waals surface area contributed by atoms with Gasteiger partial charge in [-0.3, -0.25) is 24.7 Å². The van der Waals surface area contributed by atoms with Crippen molar-refractivity contribution in [2.75, 3.05) is 13.2 Å². The second-order valence-corrected chi connectivity index (χ2v) is 3.95. The van der Waals surface area contributed by atoms with Gasteiger partial charge in [-0.25, -0.2) is 4.39 Å². The van der Waals surface area contributed by atoms with Crippen LogP contribution in [0.3, 0.4) is 0 Å². The van der Waals surface area contributed by atoms with Crippen LogP contribution < -0.4 is 5.56 Å². The van der Waals surface area contributed by atoms with Crippen molar-refractivity contribution >= 4 is 5.69 Å². The molecule has 1 aromatic heterocycles. The predicted molar refractivity (Wildman–Crippen MR) is 55.8 cm³/mol. The molecule has 0 spiro atoms. The lowest BCUT2D eigenvalue weighted by molar-refractivity contribution is -0.386. The van der Waals surface area contributed by atoms with Gasteiger partial charge in [-0.05, 0) is 13.3 Å². The molecule has 1 saturated heterocycles. The van der Waals surface area contributed by atoms with Gasteiger partial charge in [-0.1, -0.05) is 0 Å². The molecule has 0 amide bonds. The molecule has 94 valence electrons. The summed E-state index contributed by atoms with van der Waals surface area (Å²) in [6.07, 6.45) is -0.894. The van der Waals surface area contributed by atoms with E-state index in [1.165, 1.54) is 11.6 Å². The number of nitro groups is 1. The van der Waals surface area contributed by atoms with Gasteiger partial charge < -0.3 is 4.74 Å². The fourth-order valence-corrected chi connectivity index (χ4v) is 2.05. The summed E-state index contributed by atoms with van der Waals surface area (Å²) in [5, 5.41) is 13.0. The normalized spacial score (nSPS) is 24.8. The molecule has 0 bridgehead atoms. The van der Waals surface area contributed by atoms with Crippen LogP contribution in [0, 0.1) is 17.0 Å². The zero-order chi connectivity index (χ0) is 12.6. The standard InChI is InChI=1S/C9H12FN3O4/c1-5-8(13(15)16)9(14)11-12(5)7-2-3-17-4-6(7)10/h6-7H,2-4H2,1H3,(H,11,14). The average molecular weight is 245 g/mol. The Bertz CT molecular complexity index is 495. The van der Waals surface area contributed by atoms with Crippen LogP contribution in [0.15, 0.2) is 4.79 Å². The Morgan fingerprint density at radius 2 is 2.35 bits per heavy atom. The van der Waals surface area contributed by atoms with Gasteiger partial charge in [0, 0.05) is 6.61 Å². The molecule has 2 unspecified atom stereocenters. The van der Waals surface area contributed by atoms with Crippen LogP contribution in [0.5, 0.6) is 0 Å². The number of alkyl halides is 1. The fourth-order valence-electron chi connectivity index (χ4n) is 2.05. The Labute approximate surface area is 95.3 Å².